The second kappa shape index (κ2) is 8.27. The van der Waals surface area contributed by atoms with Crippen molar-refractivity contribution >= 4 is 15.7 Å². The van der Waals surface area contributed by atoms with E-state index in [0.29, 0.717) is 13.0 Å². The zero-order valence-electron chi connectivity index (χ0n) is 16.7. The van der Waals surface area contributed by atoms with Crippen LogP contribution in [0, 0.1) is 5.92 Å². The normalized spacial score (nSPS) is 27.0. The maximum atomic E-state index is 13.5. The van der Waals surface area contributed by atoms with E-state index in [4.69, 9.17) is 0 Å². The number of nitrogens with zero attached hydrogens (tertiary/aromatic N) is 2. The number of amides is 1. The van der Waals surface area contributed by atoms with Gasteiger partial charge in [-0.1, -0.05) is 49.2 Å². The van der Waals surface area contributed by atoms with Crippen LogP contribution in [-0.2, 0) is 27.6 Å². The van der Waals surface area contributed by atoms with Gasteiger partial charge in [0.15, 0.2) is 9.84 Å². The van der Waals surface area contributed by atoms with Gasteiger partial charge in [-0.25, -0.2) is 8.42 Å². The van der Waals surface area contributed by atoms with Gasteiger partial charge in [-0.2, -0.15) is 0 Å². The minimum atomic E-state index is -3.39. The summed E-state index contributed by atoms with van der Waals surface area (Å²) in [6.07, 6.45) is 7.62. The standard InChI is InChI=1S/C23H28N2O3S/c26-22-16-23(11-5-4-10-21(23)15-19-7-2-1-3-8-19)29(27,28)14-13-25(22)18-20-9-6-12-24-17-20/h1-3,6-9,12,17,21H,4-5,10-11,13-16,18H2/t21-,23-/m0/s1. The molecule has 1 aromatic carbocycles. The van der Waals surface area contributed by atoms with Crippen LogP contribution >= 0.6 is 0 Å². The first-order chi connectivity index (χ1) is 14.0. The van der Waals surface area contributed by atoms with Crippen LogP contribution in [0.4, 0.5) is 0 Å². The molecule has 2 aromatic rings. The van der Waals surface area contributed by atoms with Gasteiger partial charge in [0.1, 0.15) is 0 Å². The van der Waals surface area contributed by atoms with E-state index >= 15 is 0 Å². The summed E-state index contributed by atoms with van der Waals surface area (Å²) in [5, 5.41) is 0. The number of benzene rings is 1. The van der Waals surface area contributed by atoms with Crippen LogP contribution in [-0.4, -0.2) is 41.3 Å². The van der Waals surface area contributed by atoms with Gasteiger partial charge in [0, 0.05) is 31.9 Å². The minimum Gasteiger partial charge on any atom is -0.337 e. The summed E-state index contributed by atoms with van der Waals surface area (Å²) in [5.74, 6) is -0.00886. The monoisotopic (exact) mass is 412 g/mol. The van der Waals surface area contributed by atoms with Crippen LogP contribution < -0.4 is 0 Å². The summed E-state index contributed by atoms with van der Waals surface area (Å²) in [7, 11) is -3.39. The number of rotatable bonds is 4. The molecule has 1 aromatic heterocycles. The van der Waals surface area contributed by atoms with Crippen molar-refractivity contribution in [2.24, 2.45) is 5.92 Å². The minimum absolute atomic E-state index is 0.00839. The van der Waals surface area contributed by atoms with E-state index in [9.17, 15) is 13.2 Å². The molecule has 0 radical (unpaired) electrons. The Labute approximate surface area is 173 Å². The van der Waals surface area contributed by atoms with Gasteiger partial charge in [-0.15, -0.1) is 0 Å². The smallest absolute Gasteiger partial charge is 0.224 e. The highest BCUT2D eigenvalue weighted by Gasteiger charge is 2.53. The highest BCUT2D eigenvalue weighted by Crippen LogP contribution is 2.46. The van der Waals surface area contributed by atoms with E-state index in [1.165, 1.54) is 0 Å². The van der Waals surface area contributed by atoms with Gasteiger partial charge in [0.25, 0.3) is 0 Å². The number of hydrogen-bond donors (Lipinski definition) is 0. The van der Waals surface area contributed by atoms with Crippen molar-refractivity contribution in [3.8, 4) is 0 Å². The molecule has 0 bridgehead atoms. The molecule has 2 fully saturated rings. The molecular weight excluding hydrogens is 384 g/mol. The average Bonchev–Trinajstić information content (AvgIpc) is 2.82. The van der Waals surface area contributed by atoms with Gasteiger partial charge < -0.3 is 4.90 Å². The summed E-state index contributed by atoms with van der Waals surface area (Å²) < 4.78 is 26.1. The van der Waals surface area contributed by atoms with Crippen molar-refractivity contribution in [2.75, 3.05) is 12.3 Å². The van der Waals surface area contributed by atoms with Crippen molar-refractivity contribution in [3.63, 3.8) is 0 Å². The lowest BCUT2D eigenvalue weighted by Gasteiger charge is -2.42. The Bertz CT molecular complexity index is 947. The molecule has 2 aliphatic rings. The molecule has 1 saturated carbocycles. The lowest BCUT2D eigenvalue weighted by atomic mass is 9.73. The van der Waals surface area contributed by atoms with Gasteiger partial charge in [0.05, 0.1) is 10.5 Å². The Hall–Kier alpha value is -2.21. The Morgan fingerprint density at radius 2 is 1.86 bits per heavy atom. The summed E-state index contributed by atoms with van der Waals surface area (Å²) in [6.45, 7) is 0.678. The maximum Gasteiger partial charge on any atom is 0.224 e. The third kappa shape index (κ3) is 4.08. The van der Waals surface area contributed by atoms with Crippen molar-refractivity contribution in [3.05, 3.63) is 66.0 Å². The first-order valence-electron chi connectivity index (χ1n) is 10.4. The summed E-state index contributed by atoms with van der Waals surface area (Å²) in [5.41, 5.74) is 2.08. The fourth-order valence-electron chi connectivity index (χ4n) is 5.03. The number of sulfone groups is 1. The summed E-state index contributed by atoms with van der Waals surface area (Å²) >= 11 is 0. The molecule has 1 aliphatic carbocycles. The van der Waals surface area contributed by atoms with Crippen LogP contribution in [0.15, 0.2) is 54.9 Å². The number of carbonyl (C=O) groups excluding carboxylic acids is 1. The summed E-state index contributed by atoms with van der Waals surface area (Å²) in [6, 6.07) is 13.8. The molecule has 4 rings (SSSR count). The Kier molecular flexibility index (Phi) is 5.72. The fraction of sp³-hybridized carbons (Fsp3) is 0.478. The molecule has 1 spiro atoms. The third-order valence-corrected chi connectivity index (χ3v) is 9.26. The van der Waals surface area contributed by atoms with E-state index in [-0.39, 0.29) is 30.5 Å². The molecule has 1 saturated heterocycles. The first-order valence-corrected chi connectivity index (χ1v) is 12.1. The highest BCUT2D eigenvalue weighted by atomic mass is 32.2. The van der Waals surface area contributed by atoms with Gasteiger partial charge in [-0.3, -0.25) is 9.78 Å². The predicted octanol–water partition coefficient (Wildman–Crippen LogP) is 3.40. The molecule has 6 heteroatoms. The summed E-state index contributed by atoms with van der Waals surface area (Å²) in [4.78, 5) is 19.0. The molecule has 2 atom stereocenters. The molecule has 1 amide bonds. The number of pyridine rings is 1. The predicted molar refractivity (Wildman–Crippen MR) is 113 cm³/mol. The second-order valence-electron chi connectivity index (χ2n) is 8.37. The first kappa shape index (κ1) is 20.1. The van der Waals surface area contributed by atoms with Crippen molar-refractivity contribution < 1.29 is 13.2 Å². The lowest BCUT2D eigenvalue weighted by Crippen LogP contribution is -2.50. The van der Waals surface area contributed by atoms with Crippen LogP contribution in [0.5, 0.6) is 0 Å². The molecule has 2 heterocycles. The van der Waals surface area contributed by atoms with Crippen molar-refractivity contribution in [1.82, 2.24) is 9.88 Å². The number of aromatic nitrogens is 1. The quantitative estimate of drug-likeness (QED) is 0.772. The fourth-order valence-corrected chi connectivity index (χ4v) is 7.40. The number of hydrogen-bond acceptors (Lipinski definition) is 4. The van der Waals surface area contributed by atoms with Crippen LogP contribution in [0.2, 0.25) is 0 Å². The maximum absolute atomic E-state index is 13.5. The Balaban J connectivity index is 1.62. The molecule has 0 N–H and O–H groups in total. The zero-order chi connectivity index (χ0) is 20.3. The zero-order valence-corrected chi connectivity index (χ0v) is 17.5. The number of carbonyl (C=O) groups is 1. The van der Waals surface area contributed by atoms with E-state index in [0.717, 1.165) is 36.8 Å². The highest BCUT2D eigenvalue weighted by molar-refractivity contribution is 7.92. The van der Waals surface area contributed by atoms with E-state index in [2.05, 4.69) is 17.1 Å². The molecule has 154 valence electrons. The molecule has 0 unspecified atom stereocenters. The van der Waals surface area contributed by atoms with E-state index in [1.54, 1.807) is 17.3 Å². The van der Waals surface area contributed by atoms with Crippen molar-refractivity contribution in [1.29, 1.82) is 0 Å². The van der Waals surface area contributed by atoms with Gasteiger partial charge >= 0.3 is 0 Å². The Morgan fingerprint density at radius 1 is 1.07 bits per heavy atom. The van der Waals surface area contributed by atoms with Crippen molar-refractivity contribution in [2.45, 2.75) is 49.8 Å². The van der Waals surface area contributed by atoms with E-state index < -0.39 is 14.6 Å². The largest absolute Gasteiger partial charge is 0.337 e. The van der Waals surface area contributed by atoms with E-state index in [1.807, 2.05) is 30.3 Å². The lowest BCUT2D eigenvalue weighted by molar-refractivity contribution is -0.132. The molecular formula is C23H28N2O3S. The second-order valence-corrected chi connectivity index (χ2v) is 10.8. The topological polar surface area (TPSA) is 67.3 Å². The SMILES string of the molecule is O=C1C[C@]2(CCCC[C@H]2Cc2ccccc2)S(=O)(=O)CCN1Cc1cccnc1. The molecule has 5 nitrogen and oxygen atoms in total. The van der Waals surface area contributed by atoms with Crippen LogP contribution in [0.25, 0.3) is 0 Å². The molecule has 29 heavy (non-hydrogen) atoms. The Morgan fingerprint density at radius 3 is 2.62 bits per heavy atom. The molecule has 1 aliphatic heterocycles. The van der Waals surface area contributed by atoms with Gasteiger partial charge in [-0.05, 0) is 42.4 Å². The van der Waals surface area contributed by atoms with Gasteiger partial charge in [0.2, 0.25) is 5.91 Å². The van der Waals surface area contributed by atoms with Crippen LogP contribution in [0.1, 0.15) is 43.2 Å². The average molecular weight is 413 g/mol. The third-order valence-electron chi connectivity index (χ3n) is 6.62. The van der Waals surface area contributed by atoms with Crippen LogP contribution in [0.3, 0.4) is 0 Å².